The lowest BCUT2D eigenvalue weighted by Gasteiger charge is -2.05. The number of thioether (sulfide) groups is 15. The fourth-order valence-electron chi connectivity index (χ4n) is 2.28. The lowest BCUT2D eigenvalue weighted by atomic mass is 10.9. The number of hydrogen-bond donors (Lipinski definition) is 2. The number of hydrogen-bond acceptors (Lipinski definition) is 21. The lowest BCUT2D eigenvalue weighted by molar-refractivity contribution is -0.109. The molecule has 0 aromatic carbocycles. The minimum Gasteiger partial charge on any atom is -0.386 e. The molecule has 6 nitrogen and oxygen atoms in total. The van der Waals surface area contributed by atoms with E-state index in [9.17, 15) is 18.0 Å². The van der Waals surface area contributed by atoms with Crippen molar-refractivity contribution in [3.63, 3.8) is 0 Å². The van der Waals surface area contributed by atoms with E-state index in [0.717, 1.165) is 86.7 Å². The summed E-state index contributed by atoms with van der Waals surface area (Å²) in [7, 11) is -1.57. The summed E-state index contributed by atoms with van der Waals surface area (Å²) in [6.07, 6.45) is 0. The Balaban J connectivity index is 3.35. The van der Waals surface area contributed by atoms with Crippen LogP contribution < -0.4 is 0 Å². The Morgan fingerprint density at radius 1 is 0.404 bits per heavy atom. The van der Waals surface area contributed by atoms with E-state index in [0.29, 0.717) is 21.7 Å². The average Bonchev–Trinajstić information content (AvgIpc) is 3.06. The zero-order valence-corrected chi connectivity index (χ0v) is 39.9. The van der Waals surface area contributed by atoms with Gasteiger partial charge in [-0.15, -0.1) is 129 Å². The van der Waals surface area contributed by atoms with Crippen molar-refractivity contribution in [1.29, 1.82) is 0 Å². The summed E-state index contributed by atoms with van der Waals surface area (Å²) >= 11 is 25.1. The van der Waals surface area contributed by atoms with Gasteiger partial charge in [0.2, 0.25) is 0 Å². The quantitative estimate of drug-likeness (QED) is 0.0460. The van der Waals surface area contributed by atoms with Crippen LogP contribution >= 0.6 is 176 Å². The Hall–Kier alpha value is 4.81. The molecule has 280 valence electrons. The van der Waals surface area contributed by atoms with Gasteiger partial charge in [-0.3, -0.25) is 18.0 Å². The van der Waals surface area contributed by atoms with E-state index in [2.05, 4.69) is 0 Å². The fourth-order valence-corrected chi connectivity index (χ4v) is 22.3. The standard InChI is InChI=1S/C24H46O6S17/c25-11-31-1-3-33-19-44-23(27)9-37-15-40-14-35-6-8-47(30)22-43-18-41-17-42-20-45-24(28)10-38-16-39-13-34-5-7-46(29)21-36-4-2-32-12-26/h25-26H,1-22H2. The smallest absolute Gasteiger partial charge is 0.199 e. The molecule has 2 N–H and O–H groups in total. The first-order valence-electron chi connectivity index (χ1n) is 13.7. The van der Waals surface area contributed by atoms with Crippen LogP contribution in [0.2, 0.25) is 0 Å². The van der Waals surface area contributed by atoms with Crippen LogP contribution in [0.15, 0.2) is 0 Å². The minimum absolute atomic E-state index is 0.151. The second-order valence-corrected chi connectivity index (χ2v) is 30.3. The van der Waals surface area contributed by atoms with Crippen molar-refractivity contribution >= 4 is 208 Å². The van der Waals surface area contributed by atoms with Gasteiger partial charge >= 0.3 is 0 Å². The van der Waals surface area contributed by atoms with E-state index in [1.165, 1.54) is 47.0 Å². The Bertz CT molecular complexity index is 774. The summed E-state index contributed by atoms with van der Waals surface area (Å²) in [6.45, 7) is 0. The molecule has 2 unspecified atom stereocenters. The minimum atomic E-state index is -0.797. The van der Waals surface area contributed by atoms with E-state index in [1.54, 1.807) is 82.3 Å². The fraction of sp³-hybridized carbons (Fsp3) is 0.917. The maximum atomic E-state index is 12.2. The highest BCUT2D eigenvalue weighted by Gasteiger charge is 2.06. The van der Waals surface area contributed by atoms with Crippen molar-refractivity contribution in [2.45, 2.75) is 0 Å². The molecule has 0 amide bonds. The van der Waals surface area contributed by atoms with Crippen molar-refractivity contribution in [3.05, 3.63) is 0 Å². The van der Waals surface area contributed by atoms with Gasteiger partial charge in [0, 0.05) is 108 Å². The summed E-state index contributed by atoms with van der Waals surface area (Å²) in [5.74, 6) is 8.33. The Morgan fingerprint density at radius 2 is 0.766 bits per heavy atom. The van der Waals surface area contributed by atoms with Crippen LogP contribution in [0.1, 0.15) is 0 Å². The normalized spacial score (nSPS) is 12.8. The number of aliphatic hydroxyl groups excluding tert-OH is 2. The number of carbonyl (C=O) groups excluding carboxylic acids is 2. The lowest BCUT2D eigenvalue weighted by Crippen LogP contribution is -2.03. The van der Waals surface area contributed by atoms with Crippen LogP contribution in [0.25, 0.3) is 0 Å². The topological polar surface area (TPSA) is 109 Å². The molecule has 2 atom stereocenters. The van der Waals surface area contributed by atoms with Crippen molar-refractivity contribution in [3.8, 4) is 0 Å². The zero-order chi connectivity index (χ0) is 34.5. The summed E-state index contributed by atoms with van der Waals surface area (Å²) < 4.78 is 24.2. The van der Waals surface area contributed by atoms with Crippen LogP contribution in [0.4, 0.5) is 0 Å². The number of carbonyl (C=O) groups is 2. The van der Waals surface area contributed by atoms with Gasteiger partial charge in [-0.1, -0.05) is 23.5 Å². The molecule has 0 aromatic rings. The molecule has 0 aliphatic rings. The predicted molar refractivity (Wildman–Crippen MR) is 252 cm³/mol. The van der Waals surface area contributed by atoms with Gasteiger partial charge in [0.15, 0.2) is 10.2 Å². The molecule has 47 heavy (non-hydrogen) atoms. The van der Waals surface area contributed by atoms with Gasteiger partial charge < -0.3 is 10.2 Å². The zero-order valence-electron chi connectivity index (χ0n) is 26.0. The summed E-state index contributed by atoms with van der Waals surface area (Å²) in [5, 5.41) is 26.4. The first-order chi connectivity index (χ1) is 23.0. The molecule has 0 bridgehead atoms. The van der Waals surface area contributed by atoms with Crippen molar-refractivity contribution in [2.24, 2.45) is 0 Å². The summed E-state index contributed by atoms with van der Waals surface area (Å²) in [5.41, 5.74) is 0. The van der Waals surface area contributed by atoms with Crippen LogP contribution in [0.5, 0.6) is 0 Å². The van der Waals surface area contributed by atoms with E-state index >= 15 is 0 Å². The van der Waals surface area contributed by atoms with Crippen LogP contribution in [-0.4, -0.2) is 149 Å². The molecule has 0 aliphatic carbocycles. The Morgan fingerprint density at radius 3 is 1.30 bits per heavy atom. The second kappa shape index (κ2) is 43.5. The van der Waals surface area contributed by atoms with E-state index in [1.807, 2.05) is 47.0 Å². The number of rotatable bonds is 38. The van der Waals surface area contributed by atoms with E-state index in [-0.39, 0.29) is 22.1 Å². The highest BCUT2D eigenvalue weighted by Crippen LogP contribution is 2.25. The van der Waals surface area contributed by atoms with Crippen LogP contribution in [0.3, 0.4) is 0 Å². The summed E-state index contributed by atoms with van der Waals surface area (Å²) in [4.78, 5) is 23.9. The predicted octanol–water partition coefficient (Wildman–Crippen LogP) is 8.01. The molecule has 0 saturated carbocycles. The van der Waals surface area contributed by atoms with Gasteiger partial charge in [-0.05, 0) is 0 Å². The van der Waals surface area contributed by atoms with E-state index < -0.39 is 21.6 Å². The monoisotopic (exact) mass is 974 g/mol. The van der Waals surface area contributed by atoms with Gasteiger partial charge in [0.25, 0.3) is 0 Å². The third kappa shape index (κ3) is 43.4. The Kier molecular flexibility index (Phi) is 48.0. The first-order valence-corrected chi connectivity index (χ1v) is 33.7. The maximum absolute atomic E-state index is 12.2. The first kappa shape index (κ1) is 51.8. The Labute approximate surface area is 352 Å². The molecule has 0 fully saturated rings. The van der Waals surface area contributed by atoms with E-state index in [4.69, 9.17) is 10.2 Å². The maximum Gasteiger partial charge on any atom is 0.199 e. The molecule has 0 rings (SSSR count). The molecule has 0 aromatic heterocycles. The van der Waals surface area contributed by atoms with Gasteiger partial charge in [-0.2, -0.15) is 23.5 Å². The van der Waals surface area contributed by atoms with Crippen molar-refractivity contribution in [1.82, 2.24) is 0 Å². The molecular formula is C24H46O6S17. The molecule has 0 radical (unpaired) electrons. The third-order valence-electron chi connectivity index (χ3n) is 4.31. The molecular weight excluding hydrogens is 929 g/mol. The SMILES string of the molecule is O=C(CSCSCSCCS(=O)CSCSCSCSC(=O)CSCSCSCCS(=O)CSCCSCO)SCSCCSCO. The van der Waals surface area contributed by atoms with Gasteiger partial charge in [-0.25, -0.2) is 0 Å². The molecule has 0 heterocycles. The van der Waals surface area contributed by atoms with Crippen LogP contribution in [0, 0.1) is 0 Å². The largest absolute Gasteiger partial charge is 0.386 e. The molecule has 0 aliphatic heterocycles. The highest BCUT2D eigenvalue weighted by atomic mass is 32.3. The average molecular weight is 976 g/mol. The molecule has 0 saturated heterocycles. The molecule has 23 heteroatoms. The molecule has 0 spiro atoms. The van der Waals surface area contributed by atoms with Crippen molar-refractivity contribution < 1.29 is 28.2 Å². The van der Waals surface area contributed by atoms with Crippen molar-refractivity contribution in [2.75, 3.05) is 120 Å². The summed E-state index contributed by atoms with van der Waals surface area (Å²) in [6, 6.07) is 0. The van der Waals surface area contributed by atoms with Gasteiger partial charge in [0.1, 0.15) is 0 Å². The second-order valence-electron chi connectivity index (χ2n) is 7.92. The number of aliphatic hydroxyl groups is 2. The highest BCUT2D eigenvalue weighted by molar-refractivity contribution is 8.30. The van der Waals surface area contributed by atoms with Gasteiger partial charge in [0.05, 0.1) is 33.6 Å². The van der Waals surface area contributed by atoms with Crippen LogP contribution in [-0.2, 0) is 31.2 Å². The third-order valence-corrected chi connectivity index (χ3v) is 25.9.